The Bertz CT molecular complexity index is 591. The molecule has 20 heavy (non-hydrogen) atoms. The van der Waals surface area contributed by atoms with E-state index in [1.54, 1.807) is 6.92 Å². The molecule has 0 amide bonds. The van der Waals surface area contributed by atoms with Gasteiger partial charge in [-0.1, -0.05) is 13.0 Å². The molecule has 0 bridgehead atoms. The van der Waals surface area contributed by atoms with Gasteiger partial charge in [0, 0.05) is 0 Å². The van der Waals surface area contributed by atoms with Gasteiger partial charge in [0.15, 0.2) is 5.82 Å². The van der Waals surface area contributed by atoms with E-state index < -0.39 is 11.7 Å². The fourth-order valence-corrected chi connectivity index (χ4v) is 1.75. The number of tetrazole rings is 1. The Balaban J connectivity index is 2.44. The number of hydrogen-bond donors (Lipinski definition) is 1. The predicted molar refractivity (Wildman–Crippen MR) is 66.3 cm³/mol. The minimum atomic E-state index is -4.39. The summed E-state index contributed by atoms with van der Waals surface area (Å²) >= 11 is 0. The van der Waals surface area contributed by atoms with Crippen LogP contribution in [0.5, 0.6) is 0 Å². The Morgan fingerprint density at radius 1 is 1.30 bits per heavy atom. The summed E-state index contributed by atoms with van der Waals surface area (Å²) in [4.78, 5) is 0. The van der Waals surface area contributed by atoms with Gasteiger partial charge in [-0.25, -0.2) is 0 Å². The van der Waals surface area contributed by atoms with Crippen LogP contribution in [0.3, 0.4) is 0 Å². The van der Waals surface area contributed by atoms with Gasteiger partial charge >= 0.3 is 6.18 Å². The first-order chi connectivity index (χ1) is 9.43. The van der Waals surface area contributed by atoms with E-state index in [2.05, 4.69) is 20.8 Å². The second-order valence-corrected chi connectivity index (χ2v) is 4.29. The van der Waals surface area contributed by atoms with Crippen LogP contribution in [0.4, 0.5) is 13.2 Å². The maximum atomic E-state index is 12.8. The summed E-state index contributed by atoms with van der Waals surface area (Å²) in [5, 5.41) is 14.2. The van der Waals surface area contributed by atoms with Gasteiger partial charge in [-0.2, -0.15) is 17.9 Å². The van der Waals surface area contributed by atoms with Crippen LogP contribution in [0.25, 0.3) is 5.69 Å². The molecule has 0 radical (unpaired) electrons. The van der Waals surface area contributed by atoms with Gasteiger partial charge in [0.2, 0.25) is 0 Å². The zero-order valence-corrected chi connectivity index (χ0v) is 11.1. The number of benzene rings is 1. The molecule has 0 fully saturated rings. The first-order valence-corrected chi connectivity index (χ1v) is 6.09. The summed E-state index contributed by atoms with van der Waals surface area (Å²) in [5.74, 6) is 0.467. The maximum Gasteiger partial charge on any atom is 0.416 e. The zero-order chi connectivity index (χ0) is 14.8. The minimum absolute atomic E-state index is 0.331. The fraction of sp³-hybridized carbons (Fsp3) is 0.417. The van der Waals surface area contributed by atoms with Crippen molar-refractivity contribution in [2.24, 2.45) is 0 Å². The largest absolute Gasteiger partial charge is 0.416 e. The molecule has 1 aromatic heterocycles. The lowest BCUT2D eigenvalue weighted by Crippen LogP contribution is -2.17. The van der Waals surface area contributed by atoms with E-state index in [-0.39, 0.29) is 0 Å². The summed E-state index contributed by atoms with van der Waals surface area (Å²) in [6.45, 7) is 4.74. The second kappa shape index (κ2) is 5.58. The predicted octanol–water partition coefficient (Wildman–Crippen LogP) is 2.10. The number of halogens is 3. The van der Waals surface area contributed by atoms with E-state index in [1.807, 2.05) is 6.92 Å². The van der Waals surface area contributed by atoms with Gasteiger partial charge in [-0.3, -0.25) is 0 Å². The minimum Gasteiger partial charge on any atom is -0.310 e. The number of nitrogens with one attached hydrogen (secondary N) is 1. The zero-order valence-electron chi connectivity index (χ0n) is 11.1. The van der Waals surface area contributed by atoms with Gasteiger partial charge in [0.25, 0.3) is 0 Å². The summed E-state index contributed by atoms with van der Waals surface area (Å²) in [6.07, 6.45) is -4.39. The lowest BCUT2D eigenvalue weighted by atomic mass is 10.1. The Labute approximate surface area is 113 Å². The summed E-state index contributed by atoms with van der Waals surface area (Å²) < 4.78 is 39.6. The molecule has 1 heterocycles. The molecule has 0 saturated carbocycles. The summed E-state index contributed by atoms with van der Waals surface area (Å²) in [6, 6.07) is 3.52. The van der Waals surface area contributed by atoms with Crippen molar-refractivity contribution in [3.8, 4) is 5.69 Å². The third-order valence-corrected chi connectivity index (χ3v) is 2.83. The van der Waals surface area contributed by atoms with Crippen LogP contribution in [0.15, 0.2) is 18.2 Å². The molecule has 0 saturated heterocycles. The topological polar surface area (TPSA) is 55.6 Å². The van der Waals surface area contributed by atoms with E-state index in [9.17, 15) is 13.2 Å². The number of nitrogens with zero attached hydrogens (tertiary/aromatic N) is 4. The van der Waals surface area contributed by atoms with Crippen molar-refractivity contribution in [2.45, 2.75) is 26.6 Å². The standard InChI is InChI=1S/C12H14F3N5/c1-3-16-7-11-17-18-19-20(11)10-6-9(12(13,14)15)5-4-8(10)2/h4-6,16H,3,7H2,1-2H3. The number of aromatic nitrogens is 4. The molecule has 0 atom stereocenters. The van der Waals surface area contributed by atoms with Crippen molar-refractivity contribution in [3.63, 3.8) is 0 Å². The highest BCUT2D eigenvalue weighted by Crippen LogP contribution is 2.31. The molecular weight excluding hydrogens is 271 g/mol. The van der Waals surface area contributed by atoms with Gasteiger partial charge in [0.1, 0.15) is 0 Å². The van der Waals surface area contributed by atoms with E-state index in [0.717, 1.165) is 12.1 Å². The molecule has 8 heteroatoms. The van der Waals surface area contributed by atoms with Crippen LogP contribution in [0, 0.1) is 6.92 Å². The Morgan fingerprint density at radius 3 is 2.70 bits per heavy atom. The van der Waals surface area contributed by atoms with Crippen molar-refractivity contribution in [3.05, 3.63) is 35.2 Å². The van der Waals surface area contributed by atoms with Crippen molar-refractivity contribution < 1.29 is 13.2 Å². The maximum absolute atomic E-state index is 12.8. The highest BCUT2D eigenvalue weighted by Gasteiger charge is 2.31. The molecule has 0 spiro atoms. The molecular formula is C12H14F3N5. The Hall–Kier alpha value is -1.96. The third kappa shape index (κ3) is 2.96. The van der Waals surface area contributed by atoms with Crippen LogP contribution >= 0.6 is 0 Å². The number of rotatable bonds is 4. The Kier molecular flexibility index (Phi) is 4.03. The highest BCUT2D eigenvalue weighted by atomic mass is 19.4. The van der Waals surface area contributed by atoms with Gasteiger partial charge in [0.05, 0.1) is 17.8 Å². The van der Waals surface area contributed by atoms with Gasteiger partial charge in [-0.15, -0.1) is 5.10 Å². The molecule has 0 unspecified atom stereocenters. The number of alkyl halides is 3. The van der Waals surface area contributed by atoms with Crippen molar-refractivity contribution in [1.29, 1.82) is 0 Å². The Morgan fingerprint density at radius 2 is 2.05 bits per heavy atom. The van der Waals surface area contributed by atoms with E-state index in [1.165, 1.54) is 10.7 Å². The SMILES string of the molecule is CCNCc1nnnn1-c1cc(C(F)(F)F)ccc1C. The lowest BCUT2D eigenvalue weighted by molar-refractivity contribution is -0.137. The van der Waals surface area contributed by atoms with Crippen LogP contribution in [-0.4, -0.2) is 26.8 Å². The first kappa shape index (κ1) is 14.4. The molecule has 2 aromatic rings. The van der Waals surface area contributed by atoms with Crippen LogP contribution in [-0.2, 0) is 12.7 Å². The monoisotopic (exact) mass is 285 g/mol. The highest BCUT2D eigenvalue weighted by molar-refractivity contribution is 5.43. The molecule has 2 rings (SSSR count). The molecule has 5 nitrogen and oxygen atoms in total. The molecule has 1 N–H and O–H groups in total. The third-order valence-electron chi connectivity index (χ3n) is 2.83. The molecule has 0 aliphatic rings. The quantitative estimate of drug-likeness (QED) is 0.934. The summed E-state index contributed by atoms with van der Waals surface area (Å²) in [5.41, 5.74) is 0.281. The fourth-order valence-electron chi connectivity index (χ4n) is 1.75. The van der Waals surface area contributed by atoms with Gasteiger partial charge < -0.3 is 5.32 Å². The second-order valence-electron chi connectivity index (χ2n) is 4.29. The average Bonchev–Trinajstić information content (AvgIpc) is 2.83. The lowest BCUT2D eigenvalue weighted by Gasteiger charge is -2.12. The van der Waals surface area contributed by atoms with Crippen LogP contribution in [0.1, 0.15) is 23.9 Å². The van der Waals surface area contributed by atoms with Crippen molar-refractivity contribution >= 4 is 0 Å². The van der Waals surface area contributed by atoms with Crippen molar-refractivity contribution in [1.82, 2.24) is 25.5 Å². The average molecular weight is 285 g/mol. The first-order valence-electron chi connectivity index (χ1n) is 6.09. The molecule has 1 aromatic carbocycles. The van der Waals surface area contributed by atoms with E-state index in [4.69, 9.17) is 0 Å². The smallest absolute Gasteiger partial charge is 0.310 e. The molecule has 108 valence electrons. The van der Waals surface area contributed by atoms with Crippen LogP contribution in [0.2, 0.25) is 0 Å². The summed E-state index contributed by atoms with van der Waals surface area (Å²) in [7, 11) is 0. The number of hydrogen-bond acceptors (Lipinski definition) is 4. The normalized spacial score (nSPS) is 11.8. The number of aryl methyl sites for hydroxylation is 1. The van der Waals surface area contributed by atoms with Gasteiger partial charge in [-0.05, 0) is 41.6 Å². The van der Waals surface area contributed by atoms with E-state index in [0.29, 0.717) is 30.2 Å². The van der Waals surface area contributed by atoms with E-state index >= 15 is 0 Å². The molecule has 0 aliphatic heterocycles. The molecule has 0 aliphatic carbocycles. The van der Waals surface area contributed by atoms with Crippen molar-refractivity contribution in [2.75, 3.05) is 6.54 Å². The van der Waals surface area contributed by atoms with Crippen LogP contribution < -0.4 is 5.32 Å².